The summed E-state index contributed by atoms with van der Waals surface area (Å²) in [7, 11) is 0. The first-order valence-corrected chi connectivity index (χ1v) is 7.68. The van der Waals surface area contributed by atoms with Crippen molar-refractivity contribution in [2.45, 2.75) is 72.1 Å². The van der Waals surface area contributed by atoms with Crippen LogP contribution >= 0.6 is 0 Å². The smallest absolute Gasteiger partial charge is 0.220 e. The number of nitrogens with zero attached hydrogens (tertiary/aromatic N) is 1. The molecule has 0 rings (SSSR count). The van der Waals surface area contributed by atoms with Crippen LogP contribution in [0.2, 0.25) is 0 Å². The van der Waals surface area contributed by atoms with E-state index in [1.165, 1.54) is 32.1 Å². The Bertz CT molecular complexity index is 301. The number of hydrogen-bond acceptors (Lipinski definition) is 3. The zero-order chi connectivity index (χ0) is 15.4. The number of unbranched alkanes of at least 4 members (excludes halogenated alkanes) is 6. The maximum Gasteiger partial charge on any atom is 0.220 e. The fourth-order valence-corrected chi connectivity index (χ4v) is 1.88. The van der Waals surface area contributed by atoms with Crippen molar-refractivity contribution in [3.63, 3.8) is 0 Å². The van der Waals surface area contributed by atoms with Crippen molar-refractivity contribution in [1.29, 1.82) is 0 Å². The van der Waals surface area contributed by atoms with Crippen molar-refractivity contribution < 1.29 is 10.0 Å². The molecule has 0 saturated carbocycles. The average molecular weight is 285 g/mol. The van der Waals surface area contributed by atoms with Crippen LogP contribution in [0, 0.1) is 5.41 Å². The summed E-state index contributed by atoms with van der Waals surface area (Å²) in [6, 6.07) is 0. The van der Waals surface area contributed by atoms with Gasteiger partial charge in [0.15, 0.2) is 0 Å². The Morgan fingerprint density at radius 2 is 1.70 bits per heavy atom. The van der Waals surface area contributed by atoms with E-state index >= 15 is 0 Å². The minimum atomic E-state index is -0.523. The molecule has 0 spiro atoms. The van der Waals surface area contributed by atoms with Crippen LogP contribution in [-0.2, 0) is 4.79 Å². The maximum absolute atomic E-state index is 11.7. The third-order valence-electron chi connectivity index (χ3n) is 3.54. The predicted molar refractivity (Wildman–Crippen MR) is 82.8 cm³/mol. The standard InChI is InChI=1S/C15H31N3O2/c1-4-5-6-7-8-9-10-11-13(19)17-12-15(2,3)14(16)18-20/h20H,4-12H2,1-3H3,(H2,16,18)(H,17,19). The van der Waals surface area contributed by atoms with Gasteiger partial charge in [-0.2, -0.15) is 0 Å². The number of rotatable bonds is 11. The monoisotopic (exact) mass is 285 g/mol. The Labute approximate surface area is 123 Å². The van der Waals surface area contributed by atoms with Crippen LogP contribution in [0.3, 0.4) is 0 Å². The third-order valence-corrected chi connectivity index (χ3v) is 3.54. The van der Waals surface area contributed by atoms with E-state index in [1.807, 2.05) is 13.8 Å². The van der Waals surface area contributed by atoms with Gasteiger partial charge in [-0.15, -0.1) is 0 Å². The summed E-state index contributed by atoms with van der Waals surface area (Å²) in [4.78, 5) is 11.7. The quantitative estimate of drug-likeness (QED) is 0.179. The molecule has 0 heterocycles. The zero-order valence-electron chi connectivity index (χ0n) is 13.2. The summed E-state index contributed by atoms with van der Waals surface area (Å²) >= 11 is 0. The molecule has 0 fully saturated rings. The molecule has 4 N–H and O–H groups in total. The predicted octanol–water partition coefficient (Wildman–Crippen LogP) is 3.02. The first-order valence-electron chi connectivity index (χ1n) is 7.68. The molecule has 0 unspecified atom stereocenters. The van der Waals surface area contributed by atoms with Crippen LogP contribution in [0.5, 0.6) is 0 Å². The SMILES string of the molecule is CCCCCCCCCC(=O)NCC(C)(C)C(N)=NO. The number of hydrogen-bond donors (Lipinski definition) is 3. The molecule has 0 aromatic rings. The molecule has 0 aliphatic rings. The van der Waals surface area contributed by atoms with Crippen LogP contribution in [0.25, 0.3) is 0 Å². The lowest BCUT2D eigenvalue weighted by Gasteiger charge is -2.23. The Morgan fingerprint density at radius 3 is 2.25 bits per heavy atom. The molecule has 0 bridgehead atoms. The highest BCUT2D eigenvalue weighted by Gasteiger charge is 2.24. The molecule has 0 atom stereocenters. The molecule has 0 aliphatic carbocycles. The van der Waals surface area contributed by atoms with E-state index in [9.17, 15) is 4.79 Å². The number of nitrogens with two attached hydrogens (primary N) is 1. The summed E-state index contributed by atoms with van der Waals surface area (Å²) < 4.78 is 0. The lowest BCUT2D eigenvalue weighted by molar-refractivity contribution is -0.121. The number of oxime groups is 1. The van der Waals surface area contributed by atoms with E-state index < -0.39 is 5.41 Å². The lowest BCUT2D eigenvalue weighted by atomic mass is 9.92. The number of carbonyl (C=O) groups excluding carboxylic acids is 1. The Kier molecular flexibility index (Phi) is 9.86. The largest absolute Gasteiger partial charge is 0.409 e. The number of amides is 1. The minimum absolute atomic E-state index is 0.0392. The van der Waals surface area contributed by atoms with Crippen LogP contribution in [0.1, 0.15) is 72.1 Å². The molecule has 0 saturated heterocycles. The highest BCUT2D eigenvalue weighted by atomic mass is 16.4. The second kappa shape index (κ2) is 10.5. The molecule has 20 heavy (non-hydrogen) atoms. The molecule has 0 aliphatic heterocycles. The molecule has 0 radical (unpaired) electrons. The van der Waals surface area contributed by atoms with Gasteiger partial charge in [0.1, 0.15) is 5.84 Å². The van der Waals surface area contributed by atoms with E-state index in [1.54, 1.807) is 0 Å². The van der Waals surface area contributed by atoms with Gasteiger partial charge in [-0.25, -0.2) is 0 Å². The first kappa shape index (κ1) is 18.7. The van der Waals surface area contributed by atoms with Crippen LogP contribution in [0.4, 0.5) is 0 Å². The van der Waals surface area contributed by atoms with Gasteiger partial charge >= 0.3 is 0 Å². The number of carbonyl (C=O) groups is 1. The van der Waals surface area contributed by atoms with Crippen LogP contribution in [0.15, 0.2) is 5.16 Å². The normalized spacial score (nSPS) is 12.4. The molecular weight excluding hydrogens is 254 g/mol. The molecule has 118 valence electrons. The van der Waals surface area contributed by atoms with E-state index in [0.29, 0.717) is 13.0 Å². The average Bonchev–Trinajstić information content (AvgIpc) is 2.43. The maximum atomic E-state index is 11.7. The Balaban J connectivity index is 3.65. The van der Waals surface area contributed by atoms with Crippen molar-refractivity contribution in [2.24, 2.45) is 16.3 Å². The van der Waals surface area contributed by atoms with Gasteiger partial charge in [-0.3, -0.25) is 4.79 Å². The van der Waals surface area contributed by atoms with Gasteiger partial charge in [-0.1, -0.05) is 64.5 Å². The summed E-state index contributed by atoms with van der Waals surface area (Å²) in [6.45, 7) is 6.25. The molecule has 0 aromatic heterocycles. The van der Waals surface area contributed by atoms with Gasteiger partial charge in [0.05, 0.1) is 0 Å². The van der Waals surface area contributed by atoms with Crippen molar-refractivity contribution >= 4 is 11.7 Å². The van der Waals surface area contributed by atoms with Crippen molar-refractivity contribution in [2.75, 3.05) is 6.54 Å². The van der Waals surface area contributed by atoms with E-state index in [-0.39, 0.29) is 11.7 Å². The second-order valence-corrected chi connectivity index (χ2v) is 6.02. The number of amidine groups is 1. The fourth-order valence-electron chi connectivity index (χ4n) is 1.88. The zero-order valence-corrected chi connectivity index (χ0v) is 13.2. The molecule has 1 amide bonds. The summed E-state index contributed by atoms with van der Waals surface area (Å²) in [5, 5.41) is 14.5. The van der Waals surface area contributed by atoms with Crippen LogP contribution in [-0.4, -0.2) is 23.5 Å². The van der Waals surface area contributed by atoms with Crippen molar-refractivity contribution in [3.05, 3.63) is 0 Å². The van der Waals surface area contributed by atoms with Gasteiger partial charge in [0.2, 0.25) is 5.91 Å². The summed E-state index contributed by atoms with van der Waals surface area (Å²) in [6.07, 6.45) is 8.95. The van der Waals surface area contributed by atoms with Gasteiger partial charge < -0.3 is 16.3 Å². The Hall–Kier alpha value is -1.26. The lowest BCUT2D eigenvalue weighted by Crippen LogP contribution is -2.42. The third kappa shape index (κ3) is 8.77. The summed E-state index contributed by atoms with van der Waals surface area (Å²) in [5.41, 5.74) is 5.04. The van der Waals surface area contributed by atoms with Gasteiger partial charge in [0.25, 0.3) is 0 Å². The molecule has 0 aromatic carbocycles. The van der Waals surface area contributed by atoms with Crippen LogP contribution < -0.4 is 11.1 Å². The summed E-state index contributed by atoms with van der Waals surface area (Å²) in [5.74, 6) is 0.172. The topological polar surface area (TPSA) is 87.7 Å². The highest BCUT2D eigenvalue weighted by Crippen LogP contribution is 2.13. The van der Waals surface area contributed by atoms with E-state index in [2.05, 4.69) is 17.4 Å². The second-order valence-electron chi connectivity index (χ2n) is 6.02. The van der Waals surface area contributed by atoms with E-state index in [0.717, 1.165) is 12.8 Å². The van der Waals surface area contributed by atoms with Crippen molar-refractivity contribution in [1.82, 2.24) is 5.32 Å². The first-order chi connectivity index (χ1) is 9.44. The number of nitrogens with one attached hydrogen (secondary N) is 1. The van der Waals surface area contributed by atoms with Gasteiger partial charge in [0, 0.05) is 18.4 Å². The highest BCUT2D eigenvalue weighted by molar-refractivity contribution is 5.86. The van der Waals surface area contributed by atoms with Crippen molar-refractivity contribution in [3.8, 4) is 0 Å². The molecule has 5 nitrogen and oxygen atoms in total. The fraction of sp³-hybridized carbons (Fsp3) is 0.867. The van der Waals surface area contributed by atoms with E-state index in [4.69, 9.17) is 10.9 Å². The molecular formula is C15H31N3O2. The molecule has 5 heteroatoms. The van der Waals surface area contributed by atoms with Gasteiger partial charge in [-0.05, 0) is 6.42 Å². The minimum Gasteiger partial charge on any atom is -0.409 e. The Morgan fingerprint density at radius 1 is 1.15 bits per heavy atom.